The van der Waals surface area contributed by atoms with E-state index in [0.717, 1.165) is 22.8 Å². The Morgan fingerprint density at radius 2 is 2.12 bits per heavy atom. The summed E-state index contributed by atoms with van der Waals surface area (Å²) in [5, 5.41) is 6.55. The van der Waals surface area contributed by atoms with E-state index in [9.17, 15) is 4.79 Å². The second-order valence-electron chi connectivity index (χ2n) is 5.41. The van der Waals surface area contributed by atoms with Crippen molar-refractivity contribution in [2.24, 2.45) is 5.92 Å². The van der Waals surface area contributed by atoms with Crippen LogP contribution in [0.5, 0.6) is 5.75 Å². The van der Waals surface area contributed by atoms with Gasteiger partial charge in [-0.1, -0.05) is 31.7 Å². The summed E-state index contributed by atoms with van der Waals surface area (Å²) >= 11 is 6.98. The number of thiocarbonyl (C=S) groups is 1. The Morgan fingerprint density at radius 3 is 2.84 bits per heavy atom. The maximum absolute atomic E-state index is 12.7. The van der Waals surface area contributed by atoms with Gasteiger partial charge in [0, 0.05) is 17.0 Å². The first-order valence-electron chi connectivity index (χ1n) is 8.30. The van der Waals surface area contributed by atoms with E-state index in [1.165, 1.54) is 0 Å². The van der Waals surface area contributed by atoms with Gasteiger partial charge in [0.05, 0.1) is 12.6 Å². The highest BCUT2D eigenvalue weighted by molar-refractivity contribution is 7.99. The number of carbonyl (C=O) groups excluding carboxylic acids is 1. The first-order valence-corrected chi connectivity index (χ1v) is 9.87. The third-order valence-corrected chi connectivity index (χ3v) is 4.84. The van der Waals surface area contributed by atoms with Crippen LogP contribution in [0.1, 0.15) is 25.5 Å². The second kappa shape index (κ2) is 9.68. The minimum absolute atomic E-state index is 0.319. The highest BCUT2D eigenvalue weighted by Gasteiger charge is 2.39. The van der Waals surface area contributed by atoms with Crippen molar-refractivity contribution >= 4 is 35.1 Å². The Kier molecular flexibility index (Phi) is 7.58. The van der Waals surface area contributed by atoms with Crippen LogP contribution in [0.25, 0.3) is 0 Å². The summed E-state index contributed by atoms with van der Waals surface area (Å²) in [5.74, 6) is 1.59. The highest BCUT2D eigenvalue weighted by Crippen LogP contribution is 2.35. The lowest BCUT2D eigenvalue weighted by molar-refractivity contribution is -0.147. The van der Waals surface area contributed by atoms with Crippen LogP contribution in [0.4, 0.5) is 0 Å². The summed E-state index contributed by atoms with van der Waals surface area (Å²) in [6.07, 6.45) is 0. The first kappa shape index (κ1) is 19.6. The van der Waals surface area contributed by atoms with Gasteiger partial charge in [0.2, 0.25) is 0 Å². The number of rotatable bonds is 8. The summed E-state index contributed by atoms with van der Waals surface area (Å²) in [4.78, 5) is 12.7. The van der Waals surface area contributed by atoms with Crippen LogP contribution < -0.4 is 15.4 Å². The maximum Gasteiger partial charge on any atom is 0.317 e. The van der Waals surface area contributed by atoms with Gasteiger partial charge >= 0.3 is 5.97 Å². The normalized spacial score (nSPS) is 19.8. The molecule has 0 bridgehead atoms. The molecule has 5 nitrogen and oxygen atoms in total. The average Bonchev–Trinajstić information content (AvgIpc) is 2.58. The molecule has 1 aliphatic rings. The van der Waals surface area contributed by atoms with E-state index in [2.05, 4.69) is 24.1 Å². The van der Waals surface area contributed by atoms with Crippen LogP contribution in [0, 0.1) is 5.92 Å². The van der Waals surface area contributed by atoms with E-state index in [1.54, 1.807) is 11.8 Å². The van der Waals surface area contributed by atoms with Gasteiger partial charge < -0.3 is 20.1 Å². The molecule has 7 heteroatoms. The highest BCUT2D eigenvalue weighted by atomic mass is 32.2. The van der Waals surface area contributed by atoms with Gasteiger partial charge in [-0.15, -0.1) is 0 Å². The molecule has 2 N–H and O–H groups in total. The van der Waals surface area contributed by atoms with E-state index in [4.69, 9.17) is 21.7 Å². The molecule has 25 heavy (non-hydrogen) atoms. The van der Waals surface area contributed by atoms with Crippen molar-refractivity contribution in [3.8, 4) is 5.75 Å². The van der Waals surface area contributed by atoms with Crippen molar-refractivity contribution < 1.29 is 14.3 Å². The van der Waals surface area contributed by atoms with Gasteiger partial charge in [-0.2, -0.15) is 11.8 Å². The van der Waals surface area contributed by atoms with Gasteiger partial charge in [0.15, 0.2) is 5.11 Å². The van der Waals surface area contributed by atoms with Crippen LogP contribution in [0.2, 0.25) is 0 Å². The lowest BCUT2D eigenvalue weighted by Gasteiger charge is -2.35. The third kappa shape index (κ3) is 5.12. The Labute approximate surface area is 158 Å². The van der Waals surface area contributed by atoms with Crippen LogP contribution in [0.3, 0.4) is 0 Å². The minimum atomic E-state index is -0.583. The Bertz CT molecular complexity index is 637. The van der Waals surface area contributed by atoms with Crippen molar-refractivity contribution in [1.82, 2.24) is 10.6 Å². The predicted molar refractivity (Wildman–Crippen MR) is 106 cm³/mol. The second-order valence-corrected chi connectivity index (χ2v) is 7.22. The number of hydrogen-bond donors (Lipinski definition) is 2. The summed E-state index contributed by atoms with van der Waals surface area (Å²) in [7, 11) is 0. The van der Waals surface area contributed by atoms with E-state index >= 15 is 0 Å². The Hall–Kier alpha value is -1.73. The van der Waals surface area contributed by atoms with Crippen molar-refractivity contribution in [3.63, 3.8) is 0 Å². The molecule has 0 aromatic heterocycles. The number of ether oxygens (including phenoxy) is 2. The van der Waals surface area contributed by atoms with E-state index in [-0.39, 0.29) is 12.0 Å². The molecular formula is C18H24N2O3S2. The van der Waals surface area contributed by atoms with Crippen LogP contribution in [-0.2, 0) is 9.53 Å². The van der Waals surface area contributed by atoms with Crippen molar-refractivity contribution in [2.75, 3.05) is 24.7 Å². The SMILES string of the molecule is C=C1NC(=S)N[C@@H](c2ccccc2OCC)[C@@H]1C(=O)OCCSCC. The molecule has 0 spiro atoms. The molecule has 1 heterocycles. The molecule has 1 fully saturated rings. The third-order valence-electron chi connectivity index (χ3n) is 3.75. The monoisotopic (exact) mass is 380 g/mol. The number of hydrogen-bond acceptors (Lipinski definition) is 5. The van der Waals surface area contributed by atoms with Crippen molar-refractivity contribution in [2.45, 2.75) is 19.9 Å². The zero-order valence-corrected chi connectivity index (χ0v) is 16.2. The average molecular weight is 381 g/mol. The molecule has 1 saturated heterocycles. The fraction of sp³-hybridized carbons (Fsp3) is 0.444. The molecule has 0 saturated carbocycles. The molecule has 136 valence electrons. The zero-order chi connectivity index (χ0) is 18.2. The fourth-order valence-electron chi connectivity index (χ4n) is 2.68. The minimum Gasteiger partial charge on any atom is -0.494 e. The molecule has 1 aromatic carbocycles. The first-order chi connectivity index (χ1) is 12.1. The quantitative estimate of drug-likeness (QED) is 0.408. The number of esters is 1. The largest absolute Gasteiger partial charge is 0.494 e. The molecule has 2 rings (SSSR count). The molecule has 0 amide bonds. The summed E-state index contributed by atoms with van der Waals surface area (Å²) in [5.41, 5.74) is 1.40. The van der Waals surface area contributed by atoms with E-state index < -0.39 is 5.92 Å². The Morgan fingerprint density at radius 1 is 1.36 bits per heavy atom. The van der Waals surface area contributed by atoms with Crippen LogP contribution in [-0.4, -0.2) is 35.8 Å². The van der Waals surface area contributed by atoms with Crippen molar-refractivity contribution in [1.29, 1.82) is 0 Å². The predicted octanol–water partition coefficient (Wildman–Crippen LogP) is 3.03. The molecule has 0 unspecified atom stereocenters. The number of thioether (sulfide) groups is 1. The molecule has 1 aromatic rings. The van der Waals surface area contributed by atoms with Gasteiger partial charge in [-0.05, 0) is 31.0 Å². The molecule has 1 aliphatic heterocycles. The van der Waals surface area contributed by atoms with E-state index in [1.807, 2.05) is 31.2 Å². The smallest absolute Gasteiger partial charge is 0.317 e. The maximum atomic E-state index is 12.7. The standard InChI is InChI=1S/C18H24N2O3S2/c1-4-22-14-9-7-6-8-13(14)16-15(12(3)19-18(24)20-16)17(21)23-10-11-25-5-2/h6-9,15-16H,3-5,10-11H2,1-2H3,(H2,19,20,24)/t15-,16+/m1/s1. The summed E-state index contributed by atoms with van der Waals surface area (Å²) in [6, 6.07) is 7.24. The number of benzene rings is 1. The lowest BCUT2D eigenvalue weighted by Crippen LogP contribution is -2.51. The van der Waals surface area contributed by atoms with Gasteiger partial charge in [0.1, 0.15) is 18.3 Å². The van der Waals surface area contributed by atoms with Crippen LogP contribution >= 0.6 is 24.0 Å². The summed E-state index contributed by atoms with van der Waals surface area (Å²) < 4.78 is 11.2. The molecule has 0 aliphatic carbocycles. The Balaban J connectivity index is 2.24. The zero-order valence-electron chi connectivity index (χ0n) is 14.5. The number of carbonyl (C=O) groups is 1. The van der Waals surface area contributed by atoms with Gasteiger partial charge in [0.25, 0.3) is 0 Å². The lowest BCUT2D eigenvalue weighted by atomic mass is 9.88. The van der Waals surface area contributed by atoms with Gasteiger partial charge in [-0.25, -0.2) is 0 Å². The summed E-state index contributed by atoms with van der Waals surface area (Å²) in [6.45, 7) is 8.89. The number of para-hydroxylation sites is 1. The topological polar surface area (TPSA) is 59.6 Å². The fourth-order valence-corrected chi connectivity index (χ4v) is 3.43. The molecular weight excluding hydrogens is 356 g/mol. The van der Waals surface area contributed by atoms with Crippen molar-refractivity contribution in [3.05, 3.63) is 42.1 Å². The molecule has 0 radical (unpaired) electrons. The number of nitrogens with one attached hydrogen (secondary N) is 2. The molecule has 2 atom stereocenters. The van der Waals surface area contributed by atoms with E-state index in [0.29, 0.717) is 24.0 Å². The van der Waals surface area contributed by atoms with Gasteiger partial charge in [-0.3, -0.25) is 4.79 Å². The van der Waals surface area contributed by atoms with Crippen LogP contribution in [0.15, 0.2) is 36.5 Å².